The van der Waals surface area contributed by atoms with E-state index < -0.39 is 0 Å². The molecule has 3 heterocycles. The fourth-order valence-corrected chi connectivity index (χ4v) is 3.00. The number of piperazine rings is 1. The third kappa shape index (κ3) is 4.55. The highest BCUT2D eigenvalue weighted by molar-refractivity contribution is 5.78. The summed E-state index contributed by atoms with van der Waals surface area (Å²) in [5.74, 6) is 1.31. The van der Waals surface area contributed by atoms with Gasteiger partial charge in [-0.3, -0.25) is 9.69 Å². The van der Waals surface area contributed by atoms with Crippen LogP contribution in [-0.4, -0.2) is 79.9 Å². The molecule has 132 valence electrons. The summed E-state index contributed by atoms with van der Waals surface area (Å²) in [5, 5.41) is 2.97. The quantitative estimate of drug-likeness (QED) is 0.778. The molecule has 0 unspecified atom stereocenters. The summed E-state index contributed by atoms with van der Waals surface area (Å²) < 4.78 is 10.7. The smallest absolute Gasteiger partial charge is 0.234 e. The summed E-state index contributed by atoms with van der Waals surface area (Å²) >= 11 is 0. The molecule has 0 bridgehead atoms. The largest absolute Gasteiger partial charge is 0.481 e. The molecule has 0 aromatic carbocycles. The van der Waals surface area contributed by atoms with E-state index in [1.807, 2.05) is 0 Å². The number of carbonyl (C=O) groups is 1. The molecule has 1 aromatic heterocycles. The fraction of sp³-hybridized carbons (Fsp3) is 0.688. The molecule has 3 rings (SSSR count). The molecule has 8 heteroatoms. The third-order valence-electron chi connectivity index (χ3n) is 4.40. The monoisotopic (exact) mass is 335 g/mol. The Hall–Kier alpha value is -1.93. The van der Waals surface area contributed by atoms with Crippen molar-refractivity contribution in [2.75, 3.05) is 57.9 Å². The number of nitrogens with one attached hydrogen (secondary N) is 1. The first-order valence-corrected chi connectivity index (χ1v) is 8.47. The van der Waals surface area contributed by atoms with Crippen molar-refractivity contribution < 1.29 is 14.3 Å². The molecule has 0 spiro atoms. The van der Waals surface area contributed by atoms with Gasteiger partial charge in [0, 0.05) is 51.6 Å². The van der Waals surface area contributed by atoms with E-state index in [9.17, 15) is 4.79 Å². The number of aromatic nitrogens is 2. The topological polar surface area (TPSA) is 79.8 Å². The Kier molecular flexibility index (Phi) is 5.81. The van der Waals surface area contributed by atoms with E-state index >= 15 is 0 Å². The van der Waals surface area contributed by atoms with Crippen LogP contribution in [0.3, 0.4) is 0 Å². The number of carbonyl (C=O) groups excluding carboxylic acids is 1. The molecule has 2 aliphatic rings. The summed E-state index contributed by atoms with van der Waals surface area (Å²) in [6.07, 6.45) is 4.02. The second kappa shape index (κ2) is 8.25. The van der Waals surface area contributed by atoms with E-state index in [2.05, 4.69) is 25.1 Å². The molecule has 1 N–H and O–H groups in total. The summed E-state index contributed by atoms with van der Waals surface area (Å²) in [5.41, 5.74) is 0. The van der Waals surface area contributed by atoms with Crippen LogP contribution in [0.5, 0.6) is 5.88 Å². The average Bonchev–Trinajstić information content (AvgIpc) is 3.14. The minimum absolute atomic E-state index is 0.0663. The number of hydrogen-bond donors (Lipinski definition) is 1. The van der Waals surface area contributed by atoms with Gasteiger partial charge in [-0.25, -0.2) is 4.98 Å². The zero-order chi connectivity index (χ0) is 16.8. The third-order valence-corrected chi connectivity index (χ3v) is 4.40. The van der Waals surface area contributed by atoms with Crippen molar-refractivity contribution in [1.82, 2.24) is 20.2 Å². The lowest BCUT2D eigenvalue weighted by molar-refractivity contribution is -0.122. The maximum absolute atomic E-state index is 12.0. The Morgan fingerprint density at radius 3 is 2.96 bits per heavy atom. The zero-order valence-electron chi connectivity index (χ0n) is 14.1. The maximum atomic E-state index is 12.0. The van der Waals surface area contributed by atoms with Crippen molar-refractivity contribution in [2.24, 2.45) is 0 Å². The van der Waals surface area contributed by atoms with Gasteiger partial charge in [0.25, 0.3) is 0 Å². The van der Waals surface area contributed by atoms with Crippen molar-refractivity contribution in [1.29, 1.82) is 0 Å². The first kappa shape index (κ1) is 16.9. The number of nitrogens with zero attached hydrogens (tertiary/aromatic N) is 4. The van der Waals surface area contributed by atoms with Crippen LogP contribution in [0.4, 0.5) is 5.95 Å². The number of amides is 1. The lowest BCUT2D eigenvalue weighted by atomic mass is 10.2. The SMILES string of the molecule is COc1ccnc(N2CCN(CC(=O)NC[C@@H]3CCCO3)CC2)n1. The maximum Gasteiger partial charge on any atom is 0.234 e. The van der Waals surface area contributed by atoms with Gasteiger partial charge in [0.2, 0.25) is 17.7 Å². The second-order valence-electron chi connectivity index (χ2n) is 6.10. The standard InChI is InChI=1S/C16H25N5O3/c1-23-15-4-5-17-16(19-15)21-8-6-20(7-9-21)12-14(22)18-11-13-3-2-10-24-13/h4-5,13H,2-3,6-12H2,1H3,(H,18,22)/t13-/m0/s1. The van der Waals surface area contributed by atoms with Crippen molar-refractivity contribution in [3.05, 3.63) is 12.3 Å². The van der Waals surface area contributed by atoms with Crippen LogP contribution in [0.15, 0.2) is 12.3 Å². The fourth-order valence-electron chi connectivity index (χ4n) is 3.00. The van der Waals surface area contributed by atoms with Crippen LogP contribution in [0.25, 0.3) is 0 Å². The van der Waals surface area contributed by atoms with E-state index in [0.717, 1.165) is 45.6 Å². The number of anilines is 1. The lowest BCUT2D eigenvalue weighted by Crippen LogP contribution is -2.50. The Balaban J connectivity index is 1.40. The molecular weight excluding hydrogens is 310 g/mol. The van der Waals surface area contributed by atoms with Gasteiger partial charge in [0.05, 0.1) is 19.8 Å². The lowest BCUT2D eigenvalue weighted by Gasteiger charge is -2.34. The highest BCUT2D eigenvalue weighted by Crippen LogP contribution is 2.14. The van der Waals surface area contributed by atoms with E-state index in [4.69, 9.17) is 9.47 Å². The number of rotatable bonds is 6. The van der Waals surface area contributed by atoms with Crippen LogP contribution in [-0.2, 0) is 9.53 Å². The van der Waals surface area contributed by atoms with Gasteiger partial charge < -0.3 is 19.7 Å². The van der Waals surface area contributed by atoms with E-state index in [-0.39, 0.29) is 12.0 Å². The molecule has 1 amide bonds. The van der Waals surface area contributed by atoms with Gasteiger partial charge in [-0.05, 0) is 12.8 Å². The molecular formula is C16H25N5O3. The predicted octanol–water partition coefficient (Wildman–Crippen LogP) is -0.0976. The summed E-state index contributed by atoms with van der Waals surface area (Å²) in [4.78, 5) is 25.0. The molecule has 24 heavy (non-hydrogen) atoms. The molecule has 8 nitrogen and oxygen atoms in total. The number of methoxy groups -OCH3 is 1. The molecule has 0 aliphatic carbocycles. The van der Waals surface area contributed by atoms with Gasteiger partial charge in [0.15, 0.2) is 0 Å². The highest BCUT2D eigenvalue weighted by atomic mass is 16.5. The van der Waals surface area contributed by atoms with Crippen molar-refractivity contribution in [2.45, 2.75) is 18.9 Å². The Morgan fingerprint density at radius 2 is 2.25 bits per heavy atom. The van der Waals surface area contributed by atoms with Gasteiger partial charge >= 0.3 is 0 Å². The minimum Gasteiger partial charge on any atom is -0.481 e. The minimum atomic E-state index is 0.0663. The van der Waals surface area contributed by atoms with Crippen LogP contribution in [0.2, 0.25) is 0 Å². The zero-order valence-corrected chi connectivity index (χ0v) is 14.1. The Labute approximate surface area is 142 Å². The summed E-state index contributed by atoms with van der Waals surface area (Å²) in [7, 11) is 1.60. The second-order valence-corrected chi connectivity index (χ2v) is 6.10. The summed E-state index contributed by atoms with van der Waals surface area (Å²) in [6, 6.07) is 1.73. The van der Waals surface area contributed by atoms with Gasteiger partial charge in [-0.15, -0.1) is 0 Å². The van der Waals surface area contributed by atoms with Crippen LogP contribution in [0.1, 0.15) is 12.8 Å². The predicted molar refractivity (Wildman–Crippen MR) is 89.2 cm³/mol. The highest BCUT2D eigenvalue weighted by Gasteiger charge is 2.22. The normalized spacial score (nSPS) is 21.7. The molecule has 0 saturated carbocycles. The van der Waals surface area contributed by atoms with Crippen LogP contribution >= 0.6 is 0 Å². The van der Waals surface area contributed by atoms with E-state index in [1.54, 1.807) is 19.4 Å². The number of hydrogen-bond acceptors (Lipinski definition) is 7. The molecule has 2 aliphatic heterocycles. The first-order valence-electron chi connectivity index (χ1n) is 8.47. The van der Waals surface area contributed by atoms with E-state index in [0.29, 0.717) is 24.9 Å². The van der Waals surface area contributed by atoms with Gasteiger partial charge in [-0.2, -0.15) is 4.98 Å². The number of ether oxygens (including phenoxy) is 2. The van der Waals surface area contributed by atoms with Crippen molar-refractivity contribution in [3.63, 3.8) is 0 Å². The van der Waals surface area contributed by atoms with Gasteiger partial charge in [0.1, 0.15) is 0 Å². The first-order chi connectivity index (χ1) is 11.7. The van der Waals surface area contributed by atoms with E-state index in [1.165, 1.54) is 0 Å². The molecule has 2 fully saturated rings. The van der Waals surface area contributed by atoms with Crippen molar-refractivity contribution >= 4 is 11.9 Å². The molecule has 0 radical (unpaired) electrons. The average molecular weight is 335 g/mol. The molecule has 1 aromatic rings. The molecule has 2 saturated heterocycles. The van der Waals surface area contributed by atoms with Crippen molar-refractivity contribution in [3.8, 4) is 5.88 Å². The Morgan fingerprint density at radius 1 is 1.42 bits per heavy atom. The van der Waals surface area contributed by atoms with Crippen LogP contribution < -0.4 is 15.0 Å². The van der Waals surface area contributed by atoms with Crippen LogP contribution in [0, 0.1) is 0 Å². The summed E-state index contributed by atoms with van der Waals surface area (Å²) in [6.45, 7) is 5.09. The molecule has 1 atom stereocenters. The van der Waals surface area contributed by atoms with Gasteiger partial charge in [-0.1, -0.05) is 0 Å². The Bertz CT molecular complexity index is 542.